The van der Waals surface area contributed by atoms with Crippen LogP contribution < -0.4 is 5.73 Å². The lowest BCUT2D eigenvalue weighted by Crippen LogP contribution is -2.25. The molecule has 2 heterocycles. The molecule has 0 amide bonds. The van der Waals surface area contributed by atoms with E-state index in [0.29, 0.717) is 6.54 Å². The molecule has 0 aliphatic rings. The monoisotopic (exact) mass is 266 g/mol. The van der Waals surface area contributed by atoms with Crippen LogP contribution in [0.4, 0.5) is 0 Å². The zero-order chi connectivity index (χ0) is 12.5. The fraction of sp³-hybridized carbons (Fsp3) is 0.462. The molecule has 0 unspecified atom stereocenters. The SMILES string of the molecule is Cc1nc(-c2cccs2)sc1CC(C)(C)CN. The second-order valence-electron chi connectivity index (χ2n) is 5.05. The Bertz CT molecular complexity index is 483. The number of aromatic nitrogens is 1. The van der Waals surface area contributed by atoms with Crippen molar-refractivity contribution in [3.8, 4) is 9.88 Å². The summed E-state index contributed by atoms with van der Waals surface area (Å²) in [6.45, 7) is 7.21. The average Bonchev–Trinajstić information content (AvgIpc) is 2.89. The van der Waals surface area contributed by atoms with Gasteiger partial charge in [-0.15, -0.1) is 22.7 Å². The molecule has 2 aromatic rings. The van der Waals surface area contributed by atoms with Gasteiger partial charge in [-0.3, -0.25) is 0 Å². The third-order valence-electron chi connectivity index (χ3n) is 2.82. The summed E-state index contributed by atoms with van der Waals surface area (Å²) in [7, 11) is 0. The Morgan fingerprint density at radius 1 is 1.41 bits per heavy atom. The highest BCUT2D eigenvalue weighted by atomic mass is 32.1. The predicted molar refractivity (Wildman–Crippen MR) is 76.7 cm³/mol. The normalized spacial score (nSPS) is 12.0. The largest absolute Gasteiger partial charge is 0.330 e. The quantitative estimate of drug-likeness (QED) is 0.916. The maximum Gasteiger partial charge on any atom is 0.133 e. The molecule has 0 bridgehead atoms. The van der Waals surface area contributed by atoms with Crippen LogP contribution in [-0.2, 0) is 6.42 Å². The zero-order valence-corrected chi connectivity index (χ0v) is 12.1. The number of hydrogen-bond acceptors (Lipinski definition) is 4. The number of aryl methyl sites for hydroxylation is 1. The highest BCUT2D eigenvalue weighted by Crippen LogP contribution is 2.34. The standard InChI is InChI=1S/C13H18N2S2/c1-9-11(7-13(2,3)8-14)17-12(15-9)10-5-4-6-16-10/h4-6H,7-8,14H2,1-3H3. The molecule has 2 nitrogen and oxygen atoms in total. The fourth-order valence-corrected chi connectivity index (χ4v) is 3.72. The van der Waals surface area contributed by atoms with E-state index in [-0.39, 0.29) is 5.41 Å². The summed E-state index contributed by atoms with van der Waals surface area (Å²) in [5.74, 6) is 0. The van der Waals surface area contributed by atoms with E-state index < -0.39 is 0 Å². The molecule has 2 N–H and O–H groups in total. The van der Waals surface area contributed by atoms with Crippen LogP contribution in [0.5, 0.6) is 0 Å². The lowest BCUT2D eigenvalue weighted by atomic mass is 9.88. The van der Waals surface area contributed by atoms with Crippen LogP contribution in [0.2, 0.25) is 0 Å². The first kappa shape index (κ1) is 12.7. The van der Waals surface area contributed by atoms with Crippen LogP contribution in [0.1, 0.15) is 24.4 Å². The van der Waals surface area contributed by atoms with Gasteiger partial charge >= 0.3 is 0 Å². The third-order valence-corrected chi connectivity index (χ3v) is 5.01. The minimum absolute atomic E-state index is 0.157. The van der Waals surface area contributed by atoms with Gasteiger partial charge in [0.15, 0.2) is 0 Å². The first-order valence-electron chi connectivity index (χ1n) is 5.72. The summed E-state index contributed by atoms with van der Waals surface area (Å²) in [6.07, 6.45) is 1.01. The summed E-state index contributed by atoms with van der Waals surface area (Å²) >= 11 is 3.55. The second-order valence-corrected chi connectivity index (χ2v) is 7.08. The van der Waals surface area contributed by atoms with Crippen LogP contribution in [0.25, 0.3) is 9.88 Å². The van der Waals surface area contributed by atoms with Crippen molar-refractivity contribution in [2.75, 3.05) is 6.54 Å². The molecule has 0 spiro atoms. The molecule has 92 valence electrons. The van der Waals surface area contributed by atoms with Crippen molar-refractivity contribution in [1.82, 2.24) is 4.98 Å². The first-order chi connectivity index (χ1) is 8.02. The zero-order valence-electron chi connectivity index (χ0n) is 10.5. The number of rotatable bonds is 4. The van der Waals surface area contributed by atoms with E-state index in [0.717, 1.165) is 17.1 Å². The van der Waals surface area contributed by atoms with Crippen LogP contribution in [0.15, 0.2) is 17.5 Å². The molecule has 4 heteroatoms. The van der Waals surface area contributed by atoms with Crippen molar-refractivity contribution >= 4 is 22.7 Å². The third kappa shape index (κ3) is 2.94. The van der Waals surface area contributed by atoms with Gasteiger partial charge in [-0.25, -0.2) is 4.98 Å². The topological polar surface area (TPSA) is 38.9 Å². The van der Waals surface area contributed by atoms with Gasteiger partial charge in [0.25, 0.3) is 0 Å². The van der Waals surface area contributed by atoms with Gasteiger partial charge in [-0.2, -0.15) is 0 Å². The van der Waals surface area contributed by atoms with Crippen molar-refractivity contribution < 1.29 is 0 Å². The summed E-state index contributed by atoms with van der Waals surface area (Å²) in [6, 6.07) is 4.20. The van der Waals surface area contributed by atoms with E-state index in [4.69, 9.17) is 5.73 Å². The smallest absolute Gasteiger partial charge is 0.133 e. The summed E-state index contributed by atoms with van der Waals surface area (Å²) in [4.78, 5) is 7.28. The summed E-state index contributed by atoms with van der Waals surface area (Å²) in [5, 5.41) is 3.23. The van der Waals surface area contributed by atoms with E-state index in [9.17, 15) is 0 Å². The molecular formula is C13H18N2S2. The molecule has 0 radical (unpaired) electrons. The van der Waals surface area contributed by atoms with E-state index in [1.54, 1.807) is 22.7 Å². The predicted octanol–water partition coefficient (Wildman–Crippen LogP) is 3.71. The molecule has 17 heavy (non-hydrogen) atoms. The van der Waals surface area contributed by atoms with Crippen LogP contribution >= 0.6 is 22.7 Å². The molecule has 0 aromatic carbocycles. The lowest BCUT2D eigenvalue weighted by molar-refractivity contribution is 0.379. The van der Waals surface area contributed by atoms with Gasteiger partial charge in [0.1, 0.15) is 5.01 Å². The Kier molecular flexibility index (Phi) is 3.66. The summed E-state index contributed by atoms with van der Waals surface area (Å²) < 4.78 is 0. The molecule has 2 aromatic heterocycles. The van der Waals surface area contributed by atoms with Crippen LogP contribution in [0.3, 0.4) is 0 Å². The van der Waals surface area contributed by atoms with Crippen molar-refractivity contribution in [3.05, 3.63) is 28.1 Å². The van der Waals surface area contributed by atoms with E-state index >= 15 is 0 Å². The van der Waals surface area contributed by atoms with Gasteiger partial charge in [0.2, 0.25) is 0 Å². The Hall–Kier alpha value is -0.710. The number of thiophene rings is 1. The van der Waals surface area contributed by atoms with Crippen molar-refractivity contribution in [1.29, 1.82) is 0 Å². The maximum atomic E-state index is 5.79. The van der Waals surface area contributed by atoms with E-state index in [1.807, 2.05) is 0 Å². The Labute approximate surface area is 111 Å². The van der Waals surface area contributed by atoms with Crippen molar-refractivity contribution in [2.24, 2.45) is 11.1 Å². The van der Waals surface area contributed by atoms with Gasteiger partial charge in [-0.1, -0.05) is 19.9 Å². The highest BCUT2D eigenvalue weighted by Gasteiger charge is 2.20. The minimum Gasteiger partial charge on any atom is -0.330 e. The highest BCUT2D eigenvalue weighted by molar-refractivity contribution is 7.21. The van der Waals surface area contributed by atoms with Crippen molar-refractivity contribution in [2.45, 2.75) is 27.2 Å². The van der Waals surface area contributed by atoms with Gasteiger partial charge in [0.05, 0.1) is 10.6 Å². The van der Waals surface area contributed by atoms with Crippen LogP contribution in [-0.4, -0.2) is 11.5 Å². The van der Waals surface area contributed by atoms with E-state index in [2.05, 4.69) is 43.3 Å². The first-order valence-corrected chi connectivity index (χ1v) is 7.42. The average molecular weight is 266 g/mol. The van der Waals surface area contributed by atoms with E-state index in [1.165, 1.54) is 9.75 Å². The Morgan fingerprint density at radius 2 is 2.18 bits per heavy atom. The number of thiazole rings is 1. The Balaban J connectivity index is 2.26. The molecule has 0 aliphatic carbocycles. The number of nitrogens with zero attached hydrogens (tertiary/aromatic N) is 1. The number of nitrogens with two attached hydrogens (primary N) is 1. The molecule has 0 fully saturated rings. The second kappa shape index (κ2) is 4.88. The van der Waals surface area contributed by atoms with Gasteiger partial charge in [0, 0.05) is 4.88 Å². The molecule has 0 atom stereocenters. The molecule has 0 aliphatic heterocycles. The molecule has 0 saturated carbocycles. The Morgan fingerprint density at radius 3 is 2.76 bits per heavy atom. The number of hydrogen-bond donors (Lipinski definition) is 1. The minimum atomic E-state index is 0.157. The van der Waals surface area contributed by atoms with Gasteiger partial charge in [-0.05, 0) is 36.8 Å². The fourth-order valence-electron chi connectivity index (χ4n) is 1.60. The summed E-state index contributed by atoms with van der Waals surface area (Å²) in [5.41, 5.74) is 7.10. The molecule has 0 saturated heterocycles. The molecular weight excluding hydrogens is 248 g/mol. The van der Waals surface area contributed by atoms with Crippen molar-refractivity contribution in [3.63, 3.8) is 0 Å². The van der Waals surface area contributed by atoms with Crippen LogP contribution in [0, 0.1) is 12.3 Å². The maximum absolute atomic E-state index is 5.79. The van der Waals surface area contributed by atoms with Gasteiger partial charge < -0.3 is 5.73 Å². The molecule has 2 rings (SSSR count). The lowest BCUT2D eigenvalue weighted by Gasteiger charge is -2.21.